The zero-order chi connectivity index (χ0) is 21.1. The first-order valence-electron chi connectivity index (χ1n) is 8.00. The minimum atomic E-state index is -0.745. The van der Waals surface area contributed by atoms with E-state index in [1.807, 2.05) is 0 Å². The number of thioether (sulfide) groups is 1. The van der Waals surface area contributed by atoms with Crippen LogP contribution in [0.5, 0.6) is 0 Å². The number of halogens is 2. The van der Waals surface area contributed by atoms with E-state index in [0.29, 0.717) is 16.7 Å². The Kier molecular flexibility index (Phi) is 5.95. The first-order valence-corrected chi connectivity index (χ1v) is 9.19. The van der Waals surface area contributed by atoms with Crippen molar-refractivity contribution < 1.29 is 23.7 Å². The highest BCUT2D eigenvalue weighted by Gasteiger charge is 2.36. The Morgan fingerprint density at radius 2 is 2.00 bits per heavy atom. The molecule has 2 aromatic rings. The smallest absolute Gasteiger partial charge is 0.294 e. The molecule has 0 aliphatic carbocycles. The molecule has 11 heteroatoms. The van der Waals surface area contributed by atoms with Crippen LogP contribution >= 0.6 is 23.4 Å². The fourth-order valence-electron chi connectivity index (χ4n) is 2.47. The van der Waals surface area contributed by atoms with Crippen LogP contribution in [-0.4, -0.2) is 33.4 Å². The van der Waals surface area contributed by atoms with Crippen LogP contribution in [0.4, 0.5) is 20.6 Å². The number of carbonyl (C=O) groups is 3. The van der Waals surface area contributed by atoms with Crippen LogP contribution in [0.2, 0.25) is 5.02 Å². The monoisotopic (exact) mass is 435 g/mol. The van der Waals surface area contributed by atoms with Crippen LogP contribution in [-0.2, 0) is 9.59 Å². The maximum absolute atomic E-state index is 13.2. The van der Waals surface area contributed by atoms with Crippen LogP contribution in [0.15, 0.2) is 47.4 Å². The van der Waals surface area contributed by atoms with Crippen molar-refractivity contribution in [2.24, 2.45) is 0 Å². The largest absolute Gasteiger partial charge is 0.324 e. The first kappa shape index (κ1) is 20.5. The van der Waals surface area contributed by atoms with Crippen molar-refractivity contribution in [2.45, 2.75) is 0 Å². The minimum absolute atomic E-state index is 0.0399. The third-order valence-electron chi connectivity index (χ3n) is 3.80. The van der Waals surface area contributed by atoms with Crippen molar-refractivity contribution >= 4 is 57.9 Å². The lowest BCUT2D eigenvalue weighted by Gasteiger charge is -2.12. The highest BCUT2D eigenvalue weighted by atomic mass is 35.5. The number of rotatable bonds is 5. The molecule has 29 heavy (non-hydrogen) atoms. The van der Waals surface area contributed by atoms with E-state index in [1.54, 1.807) is 6.07 Å². The Morgan fingerprint density at radius 1 is 1.28 bits per heavy atom. The molecule has 3 amide bonds. The van der Waals surface area contributed by atoms with Gasteiger partial charge in [-0.05, 0) is 42.1 Å². The summed E-state index contributed by atoms with van der Waals surface area (Å²) in [5.74, 6) is -2.09. The molecule has 1 aliphatic heterocycles. The number of nitro benzene ring substituents is 1. The molecule has 0 bridgehead atoms. The van der Waals surface area contributed by atoms with E-state index in [2.05, 4.69) is 5.32 Å². The number of anilines is 1. The van der Waals surface area contributed by atoms with Crippen molar-refractivity contribution in [3.63, 3.8) is 0 Å². The van der Waals surface area contributed by atoms with Gasteiger partial charge in [-0.2, -0.15) is 0 Å². The standard InChI is InChI=1S/C18H11ClFN3O5S/c19-12-8-11(5-6-13(12)20)21-16(24)9-22-17(25)15(29-18(22)26)7-10-3-1-2-4-14(10)23(27)28/h1-8H,9H2,(H,21,24)/b15-7+. The van der Waals surface area contributed by atoms with Crippen molar-refractivity contribution in [3.8, 4) is 0 Å². The summed E-state index contributed by atoms with van der Waals surface area (Å²) >= 11 is 6.22. The second-order valence-corrected chi connectivity index (χ2v) is 7.16. The molecule has 0 unspecified atom stereocenters. The number of hydrogen-bond acceptors (Lipinski definition) is 6. The maximum Gasteiger partial charge on any atom is 0.294 e. The molecule has 1 heterocycles. The van der Waals surface area contributed by atoms with Crippen molar-refractivity contribution in [2.75, 3.05) is 11.9 Å². The van der Waals surface area contributed by atoms with Crippen molar-refractivity contribution in [1.82, 2.24) is 4.90 Å². The number of imide groups is 1. The van der Waals surface area contributed by atoms with E-state index in [0.717, 1.165) is 6.07 Å². The van der Waals surface area contributed by atoms with E-state index < -0.39 is 34.3 Å². The van der Waals surface area contributed by atoms with Gasteiger partial charge in [0.15, 0.2) is 0 Å². The summed E-state index contributed by atoms with van der Waals surface area (Å²) in [6.45, 7) is -0.576. The summed E-state index contributed by atoms with van der Waals surface area (Å²) < 4.78 is 13.2. The van der Waals surface area contributed by atoms with Crippen LogP contribution in [0.25, 0.3) is 6.08 Å². The van der Waals surface area contributed by atoms with E-state index >= 15 is 0 Å². The molecule has 1 fully saturated rings. The van der Waals surface area contributed by atoms with Gasteiger partial charge in [-0.1, -0.05) is 23.7 Å². The summed E-state index contributed by atoms with van der Waals surface area (Å²) in [6, 6.07) is 9.29. The van der Waals surface area contributed by atoms with E-state index in [-0.39, 0.29) is 26.9 Å². The maximum atomic E-state index is 13.2. The van der Waals surface area contributed by atoms with Crippen molar-refractivity contribution in [1.29, 1.82) is 0 Å². The Balaban J connectivity index is 1.74. The lowest BCUT2D eigenvalue weighted by molar-refractivity contribution is -0.385. The third-order valence-corrected chi connectivity index (χ3v) is 5.00. The Hall–Kier alpha value is -3.24. The third kappa shape index (κ3) is 4.61. The average Bonchev–Trinajstić information content (AvgIpc) is 2.92. The molecular weight excluding hydrogens is 425 g/mol. The summed E-state index contributed by atoms with van der Waals surface area (Å²) in [5.41, 5.74) is 0.141. The van der Waals surface area contributed by atoms with E-state index in [9.17, 15) is 28.9 Å². The van der Waals surface area contributed by atoms with Gasteiger partial charge in [-0.25, -0.2) is 4.39 Å². The van der Waals surface area contributed by atoms with Crippen LogP contribution in [0.1, 0.15) is 5.56 Å². The topological polar surface area (TPSA) is 110 Å². The molecule has 0 aromatic heterocycles. The first-order chi connectivity index (χ1) is 13.8. The number of para-hydroxylation sites is 1. The fraction of sp³-hybridized carbons (Fsp3) is 0.0556. The van der Waals surface area contributed by atoms with Crippen LogP contribution in [0, 0.1) is 15.9 Å². The molecule has 8 nitrogen and oxygen atoms in total. The molecular formula is C18H11ClFN3O5S. The number of carbonyl (C=O) groups excluding carboxylic acids is 3. The molecule has 1 N–H and O–H groups in total. The van der Waals surface area contributed by atoms with Gasteiger partial charge in [0, 0.05) is 11.8 Å². The summed E-state index contributed by atoms with van der Waals surface area (Å²) in [7, 11) is 0. The number of nitrogens with zero attached hydrogens (tertiary/aromatic N) is 2. The minimum Gasteiger partial charge on any atom is -0.324 e. The van der Waals surface area contributed by atoms with Gasteiger partial charge in [-0.15, -0.1) is 0 Å². The lowest BCUT2D eigenvalue weighted by atomic mass is 10.1. The van der Waals surface area contributed by atoms with Gasteiger partial charge >= 0.3 is 0 Å². The molecule has 2 aromatic carbocycles. The Bertz CT molecular complexity index is 1080. The van der Waals surface area contributed by atoms with Crippen LogP contribution < -0.4 is 5.32 Å². The SMILES string of the molecule is O=C(CN1C(=O)S/C(=C/c2ccccc2[N+](=O)[O-])C1=O)Nc1ccc(F)c(Cl)c1. The normalized spacial score (nSPS) is 15.1. The van der Waals surface area contributed by atoms with Gasteiger partial charge < -0.3 is 5.32 Å². The van der Waals surface area contributed by atoms with E-state index in [4.69, 9.17) is 11.6 Å². The number of nitrogens with one attached hydrogen (secondary N) is 1. The summed E-state index contributed by atoms with van der Waals surface area (Å²) in [6.07, 6.45) is 1.24. The lowest BCUT2D eigenvalue weighted by Crippen LogP contribution is -2.36. The molecule has 1 aliphatic rings. The molecule has 0 radical (unpaired) electrons. The van der Waals surface area contributed by atoms with Crippen molar-refractivity contribution in [3.05, 3.63) is 73.9 Å². The molecule has 3 rings (SSSR count). The quantitative estimate of drug-likeness (QED) is 0.431. The Labute approximate surface area is 172 Å². The highest BCUT2D eigenvalue weighted by Crippen LogP contribution is 2.33. The molecule has 0 saturated carbocycles. The van der Waals surface area contributed by atoms with Gasteiger partial charge in [0.2, 0.25) is 5.91 Å². The predicted molar refractivity (Wildman–Crippen MR) is 106 cm³/mol. The molecule has 0 spiro atoms. The molecule has 148 valence electrons. The molecule has 1 saturated heterocycles. The summed E-state index contributed by atoms with van der Waals surface area (Å²) in [5, 5.41) is 12.6. The van der Waals surface area contributed by atoms with Gasteiger partial charge in [0.1, 0.15) is 12.4 Å². The highest BCUT2D eigenvalue weighted by molar-refractivity contribution is 8.18. The number of hydrogen-bond donors (Lipinski definition) is 1. The van der Waals surface area contributed by atoms with E-state index in [1.165, 1.54) is 36.4 Å². The van der Waals surface area contributed by atoms with Gasteiger partial charge in [0.05, 0.1) is 20.4 Å². The number of benzene rings is 2. The van der Waals surface area contributed by atoms with Crippen LogP contribution in [0.3, 0.4) is 0 Å². The van der Waals surface area contributed by atoms with Gasteiger partial charge in [-0.3, -0.25) is 29.4 Å². The van der Waals surface area contributed by atoms with Gasteiger partial charge in [0.25, 0.3) is 16.8 Å². The predicted octanol–water partition coefficient (Wildman–Crippen LogP) is 4.06. The average molecular weight is 436 g/mol. The number of amides is 3. The fourth-order valence-corrected chi connectivity index (χ4v) is 3.48. The second-order valence-electron chi connectivity index (χ2n) is 5.76. The second kappa shape index (κ2) is 8.41. The summed E-state index contributed by atoms with van der Waals surface area (Å²) in [4.78, 5) is 47.9. The number of nitro groups is 1. The zero-order valence-electron chi connectivity index (χ0n) is 14.4. The molecule has 0 atom stereocenters. The Morgan fingerprint density at radius 3 is 2.69 bits per heavy atom. The zero-order valence-corrected chi connectivity index (χ0v) is 16.0.